The summed E-state index contributed by atoms with van der Waals surface area (Å²) in [5.74, 6) is -0.450. The monoisotopic (exact) mass is 399 g/mol. The number of hydrogen-bond donors (Lipinski definition) is 2. The lowest BCUT2D eigenvalue weighted by atomic mass is 9.94. The molecular formula is C19H33N3O4S. The van der Waals surface area contributed by atoms with Crippen molar-refractivity contribution in [1.29, 1.82) is 0 Å². The number of ether oxygens (including phenoxy) is 1. The molecule has 3 N–H and O–H groups in total. The molecule has 27 heavy (non-hydrogen) atoms. The maximum absolute atomic E-state index is 12.9. The SMILES string of the molecule is CCCN(C(=O)C(N)C(C)C)[C@H](C[C@@H](O)c1nc(C(=O)OC)cs1)C(C)C. The van der Waals surface area contributed by atoms with Gasteiger partial charge in [-0.25, -0.2) is 9.78 Å². The Balaban J connectivity index is 3.02. The number of carbonyl (C=O) groups excluding carboxylic acids is 2. The third-order valence-corrected chi connectivity index (χ3v) is 5.53. The number of hydrogen-bond acceptors (Lipinski definition) is 7. The maximum atomic E-state index is 12.9. The molecule has 8 heteroatoms. The van der Waals surface area contributed by atoms with Gasteiger partial charge in [-0.2, -0.15) is 0 Å². The molecular weight excluding hydrogens is 366 g/mol. The van der Waals surface area contributed by atoms with Crippen molar-refractivity contribution in [3.63, 3.8) is 0 Å². The number of esters is 1. The number of carbonyl (C=O) groups is 2. The van der Waals surface area contributed by atoms with Gasteiger partial charge in [0.25, 0.3) is 0 Å². The predicted molar refractivity (Wildman–Crippen MR) is 106 cm³/mol. The van der Waals surface area contributed by atoms with E-state index in [1.54, 1.807) is 10.3 Å². The lowest BCUT2D eigenvalue weighted by Crippen LogP contribution is -2.52. The van der Waals surface area contributed by atoms with Crippen molar-refractivity contribution in [2.75, 3.05) is 13.7 Å². The second kappa shape index (κ2) is 10.7. The fraction of sp³-hybridized carbons (Fsp3) is 0.737. The number of thiazole rings is 1. The molecule has 1 heterocycles. The lowest BCUT2D eigenvalue weighted by molar-refractivity contribution is -0.137. The second-order valence-electron chi connectivity index (χ2n) is 7.43. The van der Waals surface area contributed by atoms with E-state index in [-0.39, 0.29) is 29.5 Å². The third-order valence-electron chi connectivity index (χ3n) is 4.59. The van der Waals surface area contributed by atoms with Crippen molar-refractivity contribution in [2.45, 2.75) is 65.6 Å². The van der Waals surface area contributed by atoms with Gasteiger partial charge in [-0.05, 0) is 18.3 Å². The van der Waals surface area contributed by atoms with Gasteiger partial charge >= 0.3 is 5.97 Å². The molecule has 1 aromatic rings. The minimum Gasteiger partial charge on any atom is -0.464 e. The lowest BCUT2D eigenvalue weighted by Gasteiger charge is -2.37. The molecule has 0 aromatic carbocycles. The number of amides is 1. The van der Waals surface area contributed by atoms with Crippen LogP contribution < -0.4 is 5.73 Å². The number of aromatic nitrogens is 1. The standard InChI is InChI=1S/C19H33N3O4S/c1-7-8-22(18(24)16(20)12(4)5)14(11(2)3)9-15(23)17-21-13(10-27-17)19(25)26-6/h10-12,14-16,23H,7-9,20H2,1-6H3/t14-,15-,16?/m1/s1. The normalized spacial score (nSPS) is 14.9. The topological polar surface area (TPSA) is 106 Å². The highest BCUT2D eigenvalue weighted by Gasteiger charge is 2.32. The van der Waals surface area contributed by atoms with Gasteiger partial charge in [0.15, 0.2) is 5.69 Å². The summed E-state index contributed by atoms with van der Waals surface area (Å²) >= 11 is 1.21. The Hall–Kier alpha value is -1.51. The van der Waals surface area contributed by atoms with Crippen molar-refractivity contribution in [2.24, 2.45) is 17.6 Å². The van der Waals surface area contributed by atoms with E-state index < -0.39 is 18.1 Å². The van der Waals surface area contributed by atoms with Crippen LogP contribution in [0.1, 0.15) is 69.1 Å². The molecule has 0 radical (unpaired) electrons. The zero-order chi connectivity index (χ0) is 20.7. The molecule has 3 atom stereocenters. The van der Waals surface area contributed by atoms with Crippen molar-refractivity contribution >= 4 is 23.2 Å². The molecule has 0 aliphatic carbocycles. The van der Waals surface area contributed by atoms with E-state index in [0.717, 1.165) is 6.42 Å². The Morgan fingerprint density at radius 1 is 1.30 bits per heavy atom. The molecule has 0 spiro atoms. The Labute approximate surface area is 165 Å². The quantitative estimate of drug-likeness (QED) is 0.586. The zero-order valence-electron chi connectivity index (χ0n) is 17.1. The second-order valence-corrected chi connectivity index (χ2v) is 8.32. The zero-order valence-corrected chi connectivity index (χ0v) is 18.0. The van der Waals surface area contributed by atoms with Crippen molar-refractivity contribution in [3.8, 4) is 0 Å². The number of aliphatic hydroxyl groups is 1. The van der Waals surface area contributed by atoms with Gasteiger partial charge in [0.2, 0.25) is 5.91 Å². The van der Waals surface area contributed by atoms with Crippen LogP contribution in [0, 0.1) is 11.8 Å². The molecule has 0 saturated heterocycles. The first kappa shape index (κ1) is 23.5. The van der Waals surface area contributed by atoms with Crippen LogP contribution in [0.2, 0.25) is 0 Å². The van der Waals surface area contributed by atoms with E-state index in [0.29, 0.717) is 18.0 Å². The van der Waals surface area contributed by atoms with Crippen LogP contribution in [-0.4, -0.2) is 52.6 Å². The van der Waals surface area contributed by atoms with Crippen molar-refractivity contribution < 1.29 is 19.4 Å². The molecule has 1 unspecified atom stereocenters. The fourth-order valence-electron chi connectivity index (χ4n) is 2.88. The van der Waals surface area contributed by atoms with Gasteiger partial charge in [0.1, 0.15) is 11.1 Å². The summed E-state index contributed by atoms with van der Waals surface area (Å²) < 4.78 is 4.66. The summed E-state index contributed by atoms with van der Waals surface area (Å²) in [6, 6.07) is -0.747. The van der Waals surface area contributed by atoms with Crippen LogP contribution in [0.15, 0.2) is 5.38 Å². The van der Waals surface area contributed by atoms with Gasteiger partial charge in [-0.1, -0.05) is 34.6 Å². The molecule has 1 amide bonds. The van der Waals surface area contributed by atoms with Crippen molar-refractivity contribution in [3.05, 3.63) is 16.1 Å². The summed E-state index contributed by atoms with van der Waals surface area (Å²) in [4.78, 5) is 30.5. The maximum Gasteiger partial charge on any atom is 0.357 e. The minimum absolute atomic E-state index is 0.0381. The summed E-state index contributed by atoms with van der Waals surface area (Å²) in [5.41, 5.74) is 6.29. The fourth-order valence-corrected chi connectivity index (χ4v) is 3.67. The number of methoxy groups -OCH3 is 1. The largest absolute Gasteiger partial charge is 0.464 e. The molecule has 0 saturated carbocycles. The summed E-state index contributed by atoms with van der Waals surface area (Å²) in [5, 5.41) is 12.7. The molecule has 0 aliphatic rings. The minimum atomic E-state index is -0.872. The van der Waals surface area contributed by atoms with Crippen LogP contribution in [0.4, 0.5) is 0 Å². The number of nitrogens with two attached hydrogens (primary N) is 1. The first-order chi connectivity index (χ1) is 12.6. The molecule has 0 aliphatic heterocycles. The molecule has 0 bridgehead atoms. The third kappa shape index (κ3) is 6.26. The first-order valence-corrected chi connectivity index (χ1v) is 10.3. The summed E-state index contributed by atoms with van der Waals surface area (Å²) in [7, 11) is 1.29. The number of rotatable bonds is 10. The van der Waals surface area contributed by atoms with Crippen LogP contribution in [0.3, 0.4) is 0 Å². The van der Waals surface area contributed by atoms with Crippen LogP contribution in [-0.2, 0) is 9.53 Å². The van der Waals surface area contributed by atoms with E-state index in [4.69, 9.17) is 5.73 Å². The van der Waals surface area contributed by atoms with E-state index in [1.807, 2.05) is 34.6 Å². The Morgan fingerprint density at radius 3 is 2.41 bits per heavy atom. The Kier molecular flexibility index (Phi) is 9.35. The van der Waals surface area contributed by atoms with Crippen LogP contribution in [0.25, 0.3) is 0 Å². The highest BCUT2D eigenvalue weighted by molar-refractivity contribution is 7.09. The Morgan fingerprint density at radius 2 is 1.93 bits per heavy atom. The van der Waals surface area contributed by atoms with Gasteiger partial charge in [-0.15, -0.1) is 11.3 Å². The van der Waals surface area contributed by atoms with Crippen molar-refractivity contribution in [1.82, 2.24) is 9.88 Å². The van der Waals surface area contributed by atoms with Crippen LogP contribution in [0.5, 0.6) is 0 Å². The average molecular weight is 400 g/mol. The van der Waals surface area contributed by atoms with Gasteiger partial charge in [-0.3, -0.25) is 4.79 Å². The van der Waals surface area contributed by atoms with Gasteiger partial charge in [0, 0.05) is 24.4 Å². The molecule has 1 rings (SSSR count). The predicted octanol–water partition coefficient (Wildman–Crippen LogP) is 2.60. The summed E-state index contributed by atoms with van der Waals surface area (Å²) in [6.45, 7) is 10.5. The summed E-state index contributed by atoms with van der Waals surface area (Å²) in [6.07, 6.45) is 0.269. The highest BCUT2D eigenvalue weighted by Crippen LogP contribution is 2.28. The first-order valence-electron chi connectivity index (χ1n) is 9.41. The highest BCUT2D eigenvalue weighted by atomic mass is 32.1. The van der Waals surface area contributed by atoms with Gasteiger partial charge in [0.05, 0.1) is 13.2 Å². The van der Waals surface area contributed by atoms with E-state index in [2.05, 4.69) is 9.72 Å². The molecule has 0 fully saturated rings. The number of aliphatic hydroxyl groups excluding tert-OH is 1. The molecule has 1 aromatic heterocycles. The smallest absolute Gasteiger partial charge is 0.357 e. The average Bonchev–Trinajstić information content (AvgIpc) is 3.12. The Bertz CT molecular complexity index is 618. The van der Waals surface area contributed by atoms with Crippen LogP contribution >= 0.6 is 11.3 Å². The molecule has 154 valence electrons. The van der Waals surface area contributed by atoms with E-state index in [1.165, 1.54) is 18.4 Å². The van der Waals surface area contributed by atoms with E-state index in [9.17, 15) is 14.7 Å². The number of nitrogens with zero attached hydrogens (tertiary/aromatic N) is 2. The van der Waals surface area contributed by atoms with E-state index >= 15 is 0 Å². The van der Waals surface area contributed by atoms with Gasteiger partial charge < -0.3 is 20.5 Å². The molecule has 7 nitrogen and oxygen atoms in total.